The van der Waals surface area contributed by atoms with Crippen molar-refractivity contribution in [3.8, 4) is 11.8 Å². The Morgan fingerprint density at radius 3 is 2.35 bits per heavy atom. The van der Waals surface area contributed by atoms with E-state index >= 15 is 0 Å². The monoisotopic (exact) mass is 446 g/mol. The van der Waals surface area contributed by atoms with Gasteiger partial charge in [-0.1, -0.05) is 0 Å². The molecule has 1 aromatic carbocycles. The summed E-state index contributed by atoms with van der Waals surface area (Å²) < 4.78 is 96.2. The summed E-state index contributed by atoms with van der Waals surface area (Å²) in [6.45, 7) is 0. The Balaban J connectivity index is 2.10. The Bertz CT molecular complexity index is 1180. The summed E-state index contributed by atoms with van der Waals surface area (Å²) >= 11 is 0. The summed E-state index contributed by atoms with van der Waals surface area (Å²) in [5, 5.41) is 17.1. The van der Waals surface area contributed by atoms with Crippen LogP contribution in [0.25, 0.3) is 5.69 Å². The standard InChI is InChI=1S/C17H9F7N6O/c1-29-6-8(12(28-29)15(20)21)16(31)27-11-5-26-30(14(11)17(22,23)24)13-9(18)2-7(4-25)3-10(13)19/h2-3,5-6,15H,1H3,(H,27,31). The topological polar surface area (TPSA) is 88.5 Å². The van der Waals surface area contributed by atoms with E-state index in [-0.39, 0.29) is 4.68 Å². The number of aromatic nitrogens is 4. The van der Waals surface area contributed by atoms with Gasteiger partial charge in [0.1, 0.15) is 11.4 Å². The quantitative estimate of drug-likeness (QED) is 0.615. The average Bonchev–Trinajstić information content (AvgIpc) is 3.24. The second kappa shape index (κ2) is 7.74. The number of carbonyl (C=O) groups is 1. The number of alkyl halides is 5. The lowest BCUT2D eigenvalue weighted by Gasteiger charge is -2.14. The summed E-state index contributed by atoms with van der Waals surface area (Å²) in [5.74, 6) is -4.40. The third kappa shape index (κ3) is 4.06. The van der Waals surface area contributed by atoms with E-state index in [1.807, 2.05) is 0 Å². The number of benzene rings is 1. The van der Waals surface area contributed by atoms with Gasteiger partial charge in [-0.25, -0.2) is 22.2 Å². The highest BCUT2D eigenvalue weighted by Crippen LogP contribution is 2.37. The van der Waals surface area contributed by atoms with E-state index < -0.39 is 64.0 Å². The van der Waals surface area contributed by atoms with Crippen LogP contribution in [-0.2, 0) is 13.2 Å². The lowest BCUT2D eigenvalue weighted by molar-refractivity contribution is -0.142. The number of anilines is 1. The molecule has 2 aromatic heterocycles. The Morgan fingerprint density at radius 2 is 1.84 bits per heavy atom. The van der Waals surface area contributed by atoms with Crippen molar-refractivity contribution in [2.75, 3.05) is 5.32 Å². The van der Waals surface area contributed by atoms with Crippen LogP contribution in [0, 0.1) is 23.0 Å². The maximum absolute atomic E-state index is 14.2. The molecule has 7 nitrogen and oxygen atoms in total. The third-order valence-electron chi connectivity index (χ3n) is 3.95. The average molecular weight is 446 g/mol. The van der Waals surface area contributed by atoms with Crippen molar-refractivity contribution in [3.05, 3.63) is 58.7 Å². The molecule has 0 saturated heterocycles. The molecule has 31 heavy (non-hydrogen) atoms. The van der Waals surface area contributed by atoms with Crippen molar-refractivity contribution in [3.63, 3.8) is 0 Å². The Kier molecular flexibility index (Phi) is 5.45. The molecular formula is C17H9F7N6O. The van der Waals surface area contributed by atoms with Gasteiger partial charge in [-0.05, 0) is 12.1 Å². The van der Waals surface area contributed by atoms with E-state index in [1.54, 1.807) is 5.32 Å². The van der Waals surface area contributed by atoms with Crippen LogP contribution in [-0.4, -0.2) is 25.5 Å². The highest BCUT2D eigenvalue weighted by molar-refractivity contribution is 6.05. The van der Waals surface area contributed by atoms with Gasteiger partial charge in [0.05, 0.1) is 29.1 Å². The van der Waals surface area contributed by atoms with Crippen LogP contribution in [0.1, 0.15) is 33.7 Å². The lowest BCUT2D eigenvalue weighted by atomic mass is 10.2. The van der Waals surface area contributed by atoms with Gasteiger partial charge in [0.2, 0.25) is 0 Å². The van der Waals surface area contributed by atoms with E-state index in [0.717, 1.165) is 10.9 Å². The van der Waals surface area contributed by atoms with Gasteiger partial charge >= 0.3 is 6.18 Å². The predicted octanol–water partition coefficient (Wildman–Crippen LogP) is 3.96. The third-order valence-corrected chi connectivity index (χ3v) is 3.95. The van der Waals surface area contributed by atoms with Crippen molar-refractivity contribution in [1.29, 1.82) is 5.26 Å². The van der Waals surface area contributed by atoms with Crippen LogP contribution in [0.4, 0.5) is 36.4 Å². The fraction of sp³-hybridized carbons (Fsp3) is 0.176. The molecule has 0 bridgehead atoms. The van der Waals surface area contributed by atoms with E-state index in [4.69, 9.17) is 5.26 Å². The van der Waals surface area contributed by atoms with Crippen molar-refractivity contribution in [2.24, 2.45) is 7.05 Å². The summed E-state index contributed by atoms with van der Waals surface area (Å²) in [6, 6.07) is 2.45. The van der Waals surface area contributed by atoms with Gasteiger partial charge in [0, 0.05) is 13.2 Å². The first-order valence-electron chi connectivity index (χ1n) is 8.11. The van der Waals surface area contributed by atoms with E-state index in [1.165, 1.54) is 13.1 Å². The van der Waals surface area contributed by atoms with Crippen LogP contribution < -0.4 is 5.32 Å². The number of nitriles is 1. The summed E-state index contributed by atoms with van der Waals surface area (Å²) in [4.78, 5) is 12.3. The number of hydrogen-bond donors (Lipinski definition) is 1. The van der Waals surface area contributed by atoms with Gasteiger partial charge in [-0.3, -0.25) is 9.48 Å². The molecule has 0 atom stereocenters. The second-order valence-corrected chi connectivity index (χ2v) is 6.07. The van der Waals surface area contributed by atoms with Gasteiger partial charge in [0.25, 0.3) is 12.3 Å². The van der Waals surface area contributed by atoms with Crippen LogP contribution >= 0.6 is 0 Å². The van der Waals surface area contributed by atoms with Crippen LogP contribution in [0.2, 0.25) is 0 Å². The van der Waals surface area contributed by atoms with Crippen LogP contribution in [0.15, 0.2) is 24.5 Å². The van der Waals surface area contributed by atoms with Gasteiger partial charge < -0.3 is 5.32 Å². The second-order valence-electron chi connectivity index (χ2n) is 6.07. The Hall–Kier alpha value is -3.89. The SMILES string of the molecule is Cn1cc(C(=O)Nc2cnn(-c3c(F)cc(C#N)cc3F)c2C(F)(F)F)c(C(F)F)n1. The van der Waals surface area contributed by atoms with Crippen molar-refractivity contribution in [1.82, 2.24) is 19.6 Å². The Labute approximate surface area is 168 Å². The number of carbonyl (C=O) groups excluding carboxylic acids is 1. The normalized spacial score (nSPS) is 11.6. The maximum Gasteiger partial charge on any atom is 0.435 e. The minimum atomic E-state index is -5.27. The highest BCUT2D eigenvalue weighted by Gasteiger charge is 2.40. The molecule has 0 aliphatic rings. The minimum Gasteiger partial charge on any atom is -0.319 e. The molecule has 0 radical (unpaired) electrons. The maximum atomic E-state index is 14.2. The van der Waals surface area contributed by atoms with Crippen LogP contribution in [0.5, 0.6) is 0 Å². The zero-order valence-electron chi connectivity index (χ0n) is 15.2. The molecule has 0 aliphatic heterocycles. The molecule has 3 aromatic rings. The first-order valence-corrected chi connectivity index (χ1v) is 8.11. The van der Waals surface area contributed by atoms with Gasteiger partial charge in [-0.15, -0.1) is 0 Å². The molecular weight excluding hydrogens is 437 g/mol. The fourth-order valence-electron chi connectivity index (χ4n) is 2.75. The molecule has 1 N–H and O–H groups in total. The van der Waals surface area contributed by atoms with Crippen molar-refractivity contribution in [2.45, 2.75) is 12.6 Å². The van der Waals surface area contributed by atoms with E-state index in [2.05, 4.69) is 10.2 Å². The Morgan fingerprint density at radius 1 is 1.23 bits per heavy atom. The van der Waals surface area contributed by atoms with E-state index in [0.29, 0.717) is 18.3 Å². The molecule has 0 saturated carbocycles. The molecule has 0 unspecified atom stereocenters. The number of nitrogens with one attached hydrogen (secondary N) is 1. The number of nitrogens with zero attached hydrogens (tertiary/aromatic N) is 5. The number of halogens is 7. The summed E-state index contributed by atoms with van der Waals surface area (Å²) in [6.07, 6.45) is -7.13. The van der Waals surface area contributed by atoms with Crippen molar-refractivity contribution >= 4 is 11.6 Å². The zero-order chi connectivity index (χ0) is 23.1. The van der Waals surface area contributed by atoms with Gasteiger partial charge in [-0.2, -0.15) is 28.6 Å². The first kappa shape index (κ1) is 21.8. The summed E-state index contributed by atoms with van der Waals surface area (Å²) in [7, 11) is 1.22. The molecule has 3 rings (SSSR count). The number of hydrogen-bond acceptors (Lipinski definition) is 4. The minimum absolute atomic E-state index is 0.140. The predicted molar refractivity (Wildman–Crippen MR) is 89.3 cm³/mol. The molecule has 0 spiro atoms. The molecule has 162 valence electrons. The molecule has 0 fully saturated rings. The fourth-order valence-corrected chi connectivity index (χ4v) is 2.75. The molecule has 14 heteroatoms. The molecule has 0 aliphatic carbocycles. The zero-order valence-corrected chi connectivity index (χ0v) is 15.2. The van der Waals surface area contributed by atoms with Crippen molar-refractivity contribution < 1.29 is 35.5 Å². The lowest BCUT2D eigenvalue weighted by Crippen LogP contribution is -2.20. The molecule has 1 amide bonds. The first-order chi connectivity index (χ1) is 14.4. The van der Waals surface area contributed by atoms with Crippen LogP contribution in [0.3, 0.4) is 0 Å². The summed E-state index contributed by atoms with van der Waals surface area (Å²) in [5.41, 5.74) is -6.21. The van der Waals surface area contributed by atoms with E-state index in [9.17, 15) is 35.5 Å². The largest absolute Gasteiger partial charge is 0.435 e. The smallest absolute Gasteiger partial charge is 0.319 e. The number of amides is 1. The highest BCUT2D eigenvalue weighted by atomic mass is 19.4. The number of aryl methyl sites for hydroxylation is 1. The molecule has 2 heterocycles. The van der Waals surface area contributed by atoms with Gasteiger partial charge in [0.15, 0.2) is 17.3 Å². The number of rotatable bonds is 4.